The zero-order chi connectivity index (χ0) is 14.5. The summed E-state index contributed by atoms with van der Waals surface area (Å²) in [7, 11) is 0. The molecule has 5 heteroatoms. The Morgan fingerprint density at radius 2 is 2.00 bits per heavy atom. The molecule has 1 aromatic carbocycles. The van der Waals surface area contributed by atoms with Crippen molar-refractivity contribution in [3.63, 3.8) is 0 Å². The van der Waals surface area contributed by atoms with Crippen LogP contribution in [0.3, 0.4) is 0 Å². The van der Waals surface area contributed by atoms with Gasteiger partial charge in [0.05, 0.1) is 0 Å². The van der Waals surface area contributed by atoms with Crippen LogP contribution in [0.15, 0.2) is 34.8 Å². The maximum atomic E-state index is 11.6. The number of carbonyl (C=O) groups excluding carboxylic acids is 2. The van der Waals surface area contributed by atoms with Gasteiger partial charge < -0.3 is 10.1 Å². The fraction of sp³-hybridized carbons (Fsp3) is 0.333. The van der Waals surface area contributed by atoms with Gasteiger partial charge in [-0.25, -0.2) is 4.79 Å². The molecule has 0 aromatic heterocycles. The first kappa shape index (κ1) is 14.8. The van der Waals surface area contributed by atoms with Gasteiger partial charge in [0, 0.05) is 16.6 Å². The van der Waals surface area contributed by atoms with Gasteiger partial charge in [0.25, 0.3) is 5.91 Å². The summed E-state index contributed by atoms with van der Waals surface area (Å²) in [6.07, 6.45) is 4.23. The summed E-state index contributed by atoms with van der Waals surface area (Å²) >= 11 is 3.34. The lowest BCUT2D eigenvalue weighted by Gasteiger charge is -2.11. The number of nitrogens with one attached hydrogen (secondary N) is 1. The molecule has 106 valence electrons. The van der Waals surface area contributed by atoms with Gasteiger partial charge in [-0.05, 0) is 43.5 Å². The van der Waals surface area contributed by atoms with E-state index in [4.69, 9.17) is 4.74 Å². The molecule has 0 bridgehead atoms. The molecule has 20 heavy (non-hydrogen) atoms. The maximum absolute atomic E-state index is 11.6. The van der Waals surface area contributed by atoms with Crippen molar-refractivity contribution in [1.29, 1.82) is 0 Å². The SMILES string of the molecule is C[C@@H](OC(=O)/C=C/c1ccc(Br)cc1)C(=O)NC1CC1. The highest BCUT2D eigenvalue weighted by Gasteiger charge is 2.26. The van der Waals surface area contributed by atoms with Crippen LogP contribution in [0.1, 0.15) is 25.3 Å². The Labute approximate surface area is 126 Å². The van der Waals surface area contributed by atoms with E-state index in [-0.39, 0.29) is 11.9 Å². The Hall–Kier alpha value is -1.62. The van der Waals surface area contributed by atoms with E-state index in [2.05, 4.69) is 21.2 Å². The Bertz CT molecular complexity index is 520. The third-order valence-corrected chi connectivity index (χ3v) is 3.40. The van der Waals surface area contributed by atoms with Crippen LogP contribution in [0.2, 0.25) is 0 Å². The number of carbonyl (C=O) groups is 2. The molecule has 0 unspecified atom stereocenters. The highest BCUT2D eigenvalue weighted by Crippen LogP contribution is 2.18. The fourth-order valence-electron chi connectivity index (χ4n) is 1.55. The van der Waals surface area contributed by atoms with Crippen LogP contribution in [-0.4, -0.2) is 24.0 Å². The molecule has 2 rings (SSSR count). The van der Waals surface area contributed by atoms with Crippen molar-refractivity contribution < 1.29 is 14.3 Å². The Morgan fingerprint density at radius 1 is 1.35 bits per heavy atom. The highest BCUT2D eigenvalue weighted by atomic mass is 79.9. The zero-order valence-corrected chi connectivity index (χ0v) is 12.7. The van der Waals surface area contributed by atoms with Crippen molar-refractivity contribution in [2.75, 3.05) is 0 Å². The molecule has 0 heterocycles. The van der Waals surface area contributed by atoms with Gasteiger partial charge in [0.15, 0.2) is 6.10 Å². The van der Waals surface area contributed by atoms with Crippen molar-refractivity contribution in [2.45, 2.75) is 31.9 Å². The molecule has 4 nitrogen and oxygen atoms in total. The first-order chi connectivity index (χ1) is 9.54. The molecule has 0 spiro atoms. The second kappa shape index (κ2) is 6.70. The van der Waals surface area contributed by atoms with Gasteiger partial charge in [-0.15, -0.1) is 0 Å². The molecular weight excluding hydrogens is 322 g/mol. The number of hydrogen-bond acceptors (Lipinski definition) is 3. The molecule has 0 saturated heterocycles. The lowest BCUT2D eigenvalue weighted by molar-refractivity contribution is -0.150. The summed E-state index contributed by atoms with van der Waals surface area (Å²) in [5.41, 5.74) is 0.889. The zero-order valence-electron chi connectivity index (χ0n) is 11.1. The summed E-state index contributed by atoms with van der Waals surface area (Å²) < 4.78 is 6.01. The molecular formula is C15H16BrNO3. The summed E-state index contributed by atoms with van der Waals surface area (Å²) in [6.45, 7) is 1.57. The third-order valence-electron chi connectivity index (χ3n) is 2.87. The minimum atomic E-state index is -0.766. The second-order valence-corrected chi connectivity index (χ2v) is 5.66. The van der Waals surface area contributed by atoms with Gasteiger partial charge in [0.1, 0.15) is 0 Å². The van der Waals surface area contributed by atoms with Crippen LogP contribution in [0.25, 0.3) is 6.08 Å². The van der Waals surface area contributed by atoms with Gasteiger partial charge in [-0.3, -0.25) is 4.79 Å². The van der Waals surface area contributed by atoms with Crippen LogP contribution in [0.4, 0.5) is 0 Å². The first-order valence-corrected chi connectivity index (χ1v) is 7.28. The van der Waals surface area contributed by atoms with Crippen LogP contribution in [0, 0.1) is 0 Å². The molecule has 1 saturated carbocycles. The second-order valence-electron chi connectivity index (χ2n) is 4.75. The molecule has 1 amide bonds. The van der Waals surface area contributed by atoms with Crippen molar-refractivity contribution in [3.05, 3.63) is 40.4 Å². The minimum absolute atomic E-state index is 0.238. The Morgan fingerprint density at radius 3 is 2.60 bits per heavy atom. The van der Waals surface area contributed by atoms with Crippen molar-refractivity contribution in [1.82, 2.24) is 5.32 Å². The molecule has 1 aliphatic carbocycles. The van der Waals surface area contributed by atoms with E-state index in [1.54, 1.807) is 13.0 Å². The summed E-state index contributed by atoms with van der Waals surface area (Å²) in [6, 6.07) is 7.78. The molecule has 1 aromatic rings. The van der Waals surface area contributed by atoms with Crippen LogP contribution in [-0.2, 0) is 14.3 Å². The van der Waals surface area contributed by atoms with Crippen molar-refractivity contribution in [3.8, 4) is 0 Å². The van der Waals surface area contributed by atoms with Crippen molar-refractivity contribution in [2.24, 2.45) is 0 Å². The fourth-order valence-corrected chi connectivity index (χ4v) is 1.82. The molecule has 1 N–H and O–H groups in total. The molecule has 1 atom stereocenters. The van der Waals surface area contributed by atoms with Gasteiger partial charge >= 0.3 is 5.97 Å². The van der Waals surface area contributed by atoms with E-state index >= 15 is 0 Å². The van der Waals surface area contributed by atoms with E-state index < -0.39 is 12.1 Å². The number of benzene rings is 1. The van der Waals surface area contributed by atoms with Gasteiger partial charge in [-0.2, -0.15) is 0 Å². The van der Waals surface area contributed by atoms with E-state index in [0.29, 0.717) is 0 Å². The normalized spacial score (nSPS) is 15.9. The van der Waals surface area contributed by atoms with E-state index in [0.717, 1.165) is 22.9 Å². The minimum Gasteiger partial charge on any atom is -0.449 e. The molecule has 1 fully saturated rings. The molecule has 0 radical (unpaired) electrons. The largest absolute Gasteiger partial charge is 0.449 e. The smallest absolute Gasteiger partial charge is 0.331 e. The van der Waals surface area contributed by atoms with Crippen molar-refractivity contribution >= 4 is 33.9 Å². The number of halogens is 1. The number of ether oxygens (including phenoxy) is 1. The predicted octanol–water partition coefficient (Wildman–Crippen LogP) is 2.67. The Kier molecular flexibility index (Phi) is 4.95. The third kappa shape index (κ3) is 4.81. The predicted molar refractivity (Wildman–Crippen MR) is 79.9 cm³/mol. The number of rotatable bonds is 5. The van der Waals surface area contributed by atoms with Gasteiger partial charge in [0.2, 0.25) is 0 Å². The quantitative estimate of drug-likeness (QED) is 0.663. The highest BCUT2D eigenvalue weighted by molar-refractivity contribution is 9.10. The lowest BCUT2D eigenvalue weighted by atomic mass is 10.2. The van der Waals surface area contributed by atoms with Crippen LogP contribution >= 0.6 is 15.9 Å². The average molecular weight is 338 g/mol. The standard InChI is InChI=1S/C15H16BrNO3/c1-10(15(19)17-13-7-8-13)20-14(18)9-4-11-2-5-12(16)6-3-11/h2-6,9-10,13H,7-8H2,1H3,(H,17,19)/b9-4+/t10-/m1/s1. The summed E-state index contributed by atoms with van der Waals surface area (Å²) in [5.74, 6) is -0.760. The monoisotopic (exact) mass is 337 g/mol. The van der Waals surface area contributed by atoms with Crippen LogP contribution < -0.4 is 5.32 Å². The van der Waals surface area contributed by atoms with Crippen LogP contribution in [0.5, 0.6) is 0 Å². The van der Waals surface area contributed by atoms with Gasteiger partial charge in [-0.1, -0.05) is 28.1 Å². The summed E-state index contributed by atoms with van der Waals surface area (Å²) in [5, 5.41) is 2.79. The molecule has 1 aliphatic rings. The van der Waals surface area contributed by atoms with E-state index in [1.165, 1.54) is 6.08 Å². The summed E-state index contributed by atoms with van der Waals surface area (Å²) in [4.78, 5) is 23.2. The number of amides is 1. The maximum Gasteiger partial charge on any atom is 0.331 e. The topological polar surface area (TPSA) is 55.4 Å². The average Bonchev–Trinajstić information content (AvgIpc) is 3.22. The number of esters is 1. The lowest BCUT2D eigenvalue weighted by Crippen LogP contribution is -2.36. The van der Waals surface area contributed by atoms with E-state index in [1.807, 2.05) is 24.3 Å². The van der Waals surface area contributed by atoms with E-state index in [9.17, 15) is 9.59 Å². The molecule has 0 aliphatic heterocycles. The Balaban J connectivity index is 1.81. The number of hydrogen-bond donors (Lipinski definition) is 1. The first-order valence-electron chi connectivity index (χ1n) is 6.49.